The molecule has 0 bridgehead atoms. The predicted octanol–water partition coefficient (Wildman–Crippen LogP) is 2.54. The van der Waals surface area contributed by atoms with Crippen LogP contribution in [-0.2, 0) is 4.79 Å². The third kappa shape index (κ3) is 8.50. The van der Waals surface area contributed by atoms with Crippen LogP contribution >= 0.6 is 11.8 Å². The molecule has 0 aliphatic rings. The zero-order valence-corrected chi connectivity index (χ0v) is 12.3. The van der Waals surface area contributed by atoms with Gasteiger partial charge in [0.05, 0.1) is 6.04 Å². The van der Waals surface area contributed by atoms with E-state index in [9.17, 15) is 4.79 Å². The average molecular weight is 260 g/mol. The van der Waals surface area contributed by atoms with E-state index in [1.54, 1.807) is 11.8 Å². The van der Waals surface area contributed by atoms with Gasteiger partial charge in [-0.3, -0.25) is 4.79 Å². The Labute approximate surface area is 110 Å². The maximum absolute atomic E-state index is 11.9. The first-order chi connectivity index (χ1) is 8.15. The van der Waals surface area contributed by atoms with Crippen LogP contribution in [0.5, 0.6) is 0 Å². The number of unbranched alkanes of at least 4 members (excludes halogenated alkanes) is 1. The minimum atomic E-state index is -0.344. The lowest BCUT2D eigenvalue weighted by Crippen LogP contribution is -2.45. The van der Waals surface area contributed by atoms with Gasteiger partial charge in [0.1, 0.15) is 0 Å². The number of hydrogen-bond acceptors (Lipinski definition) is 3. The summed E-state index contributed by atoms with van der Waals surface area (Å²) in [5.41, 5.74) is 5.85. The highest BCUT2D eigenvalue weighted by Gasteiger charge is 2.16. The van der Waals surface area contributed by atoms with Crippen LogP contribution in [0.25, 0.3) is 0 Å². The minimum absolute atomic E-state index is 0.0219. The molecule has 2 atom stereocenters. The number of carbonyl (C=O) groups excluding carboxylic acids is 1. The Kier molecular flexibility index (Phi) is 10.8. The summed E-state index contributed by atoms with van der Waals surface area (Å²) in [6.07, 6.45) is 8.38. The molecule has 102 valence electrons. The van der Waals surface area contributed by atoms with Crippen LogP contribution in [0.3, 0.4) is 0 Å². The summed E-state index contributed by atoms with van der Waals surface area (Å²) in [5.74, 6) is 0.968. The summed E-state index contributed by atoms with van der Waals surface area (Å²) in [7, 11) is 0. The van der Waals surface area contributed by atoms with Crippen molar-refractivity contribution in [3.05, 3.63) is 0 Å². The average Bonchev–Trinajstić information content (AvgIpc) is 2.33. The van der Waals surface area contributed by atoms with E-state index >= 15 is 0 Å². The first kappa shape index (κ1) is 16.8. The van der Waals surface area contributed by atoms with E-state index in [2.05, 4.69) is 19.2 Å². The van der Waals surface area contributed by atoms with Crippen LogP contribution in [0, 0.1) is 0 Å². The second-order valence-electron chi connectivity index (χ2n) is 4.52. The number of nitrogens with one attached hydrogen (secondary N) is 1. The minimum Gasteiger partial charge on any atom is -0.352 e. The van der Waals surface area contributed by atoms with Crippen LogP contribution in [0.1, 0.15) is 52.4 Å². The molecular weight excluding hydrogens is 232 g/mol. The second kappa shape index (κ2) is 10.9. The van der Waals surface area contributed by atoms with Crippen molar-refractivity contribution in [3.8, 4) is 0 Å². The SMILES string of the molecule is CCCCC(CCC)NC(=O)[C@H](N)CCSC. The molecule has 0 heterocycles. The van der Waals surface area contributed by atoms with E-state index in [4.69, 9.17) is 5.73 Å². The molecule has 0 rings (SSSR count). The van der Waals surface area contributed by atoms with Gasteiger partial charge in [-0.15, -0.1) is 0 Å². The third-order valence-electron chi connectivity index (χ3n) is 2.86. The maximum atomic E-state index is 11.9. The number of hydrogen-bond donors (Lipinski definition) is 2. The topological polar surface area (TPSA) is 55.1 Å². The number of amides is 1. The van der Waals surface area contributed by atoms with Gasteiger partial charge in [-0.2, -0.15) is 11.8 Å². The predicted molar refractivity (Wildman–Crippen MR) is 77.3 cm³/mol. The number of thioether (sulfide) groups is 1. The Morgan fingerprint density at radius 2 is 1.94 bits per heavy atom. The maximum Gasteiger partial charge on any atom is 0.237 e. The molecule has 1 amide bonds. The lowest BCUT2D eigenvalue weighted by molar-refractivity contribution is -0.123. The highest BCUT2D eigenvalue weighted by molar-refractivity contribution is 7.98. The standard InChI is InChI=1S/C13H28N2OS/c1-4-6-8-11(7-5-2)15-13(16)12(14)9-10-17-3/h11-12H,4-10,14H2,1-3H3,(H,15,16)/t11?,12-/m1/s1. The van der Waals surface area contributed by atoms with Gasteiger partial charge in [-0.1, -0.05) is 33.1 Å². The molecule has 0 aliphatic heterocycles. The molecule has 0 aromatic carbocycles. The van der Waals surface area contributed by atoms with Crippen molar-refractivity contribution in [2.45, 2.75) is 64.5 Å². The number of carbonyl (C=O) groups is 1. The molecule has 3 nitrogen and oxygen atoms in total. The van der Waals surface area contributed by atoms with Gasteiger partial charge in [0, 0.05) is 6.04 Å². The van der Waals surface area contributed by atoms with Gasteiger partial charge in [0.25, 0.3) is 0 Å². The fraction of sp³-hybridized carbons (Fsp3) is 0.923. The molecule has 0 fully saturated rings. The van der Waals surface area contributed by atoms with Crippen molar-refractivity contribution in [3.63, 3.8) is 0 Å². The monoisotopic (exact) mass is 260 g/mol. The van der Waals surface area contributed by atoms with Crippen LogP contribution in [0.15, 0.2) is 0 Å². The molecule has 0 saturated carbocycles. The summed E-state index contributed by atoms with van der Waals surface area (Å²) in [4.78, 5) is 11.9. The number of nitrogens with two attached hydrogens (primary N) is 1. The molecule has 0 aromatic heterocycles. The van der Waals surface area contributed by atoms with Crippen LogP contribution in [-0.4, -0.2) is 30.0 Å². The summed E-state index contributed by atoms with van der Waals surface area (Å²) >= 11 is 1.73. The molecule has 4 heteroatoms. The van der Waals surface area contributed by atoms with Crippen molar-refractivity contribution >= 4 is 17.7 Å². The van der Waals surface area contributed by atoms with Gasteiger partial charge in [-0.05, 0) is 31.3 Å². The zero-order valence-electron chi connectivity index (χ0n) is 11.5. The van der Waals surface area contributed by atoms with E-state index in [-0.39, 0.29) is 11.9 Å². The summed E-state index contributed by atoms with van der Waals surface area (Å²) in [5, 5.41) is 3.09. The first-order valence-corrected chi connectivity index (χ1v) is 8.09. The molecule has 1 unspecified atom stereocenters. The fourth-order valence-corrected chi connectivity index (χ4v) is 2.26. The van der Waals surface area contributed by atoms with E-state index in [1.165, 1.54) is 12.8 Å². The normalized spacial score (nSPS) is 14.4. The highest BCUT2D eigenvalue weighted by atomic mass is 32.2. The van der Waals surface area contributed by atoms with Crippen molar-refractivity contribution in [1.82, 2.24) is 5.32 Å². The second-order valence-corrected chi connectivity index (χ2v) is 5.51. The molecule has 0 spiro atoms. The zero-order chi connectivity index (χ0) is 13.1. The number of rotatable bonds is 10. The lowest BCUT2D eigenvalue weighted by atomic mass is 10.0. The largest absolute Gasteiger partial charge is 0.352 e. The Bertz CT molecular complexity index is 200. The fourth-order valence-electron chi connectivity index (χ4n) is 1.77. The van der Waals surface area contributed by atoms with Crippen molar-refractivity contribution < 1.29 is 4.79 Å². The molecule has 3 N–H and O–H groups in total. The van der Waals surface area contributed by atoms with Crippen LogP contribution in [0.4, 0.5) is 0 Å². The summed E-state index contributed by atoms with van der Waals surface area (Å²) in [6, 6.07) is -0.0313. The molecular formula is C13H28N2OS. The summed E-state index contributed by atoms with van der Waals surface area (Å²) in [6.45, 7) is 4.33. The van der Waals surface area contributed by atoms with Gasteiger partial charge < -0.3 is 11.1 Å². The van der Waals surface area contributed by atoms with Crippen molar-refractivity contribution in [2.24, 2.45) is 5.73 Å². The van der Waals surface area contributed by atoms with Crippen molar-refractivity contribution in [2.75, 3.05) is 12.0 Å². The highest BCUT2D eigenvalue weighted by Crippen LogP contribution is 2.07. The van der Waals surface area contributed by atoms with Gasteiger partial charge in [0.2, 0.25) is 5.91 Å². The molecule has 0 saturated heterocycles. The smallest absolute Gasteiger partial charge is 0.237 e. The molecule has 0 radical (unpaired) electrons. The Morgan fingerprint density at radius 3 is 2.47 bits per heavy atom. The molecule has 0 aliphatic carbocycles. The van der Waals surface area contributed by atoms with Crippen molar-refractivity contribution in [1.29, 1.82) is 0 Å². The van der Waals surface area contributed by atoms with Gasteiger partial charge in [-0.25, -0.2) is 0 Å². The van der Waals surface area contributed by atoms with E-state index in [0.717, 1.165) is 31.4 Å². The Hall–Kier alpha value is -0.220. The van der Waals surface area contributed by atoms with Gasteiger partial charge in [0.15, 0.2) is 0 Å². The summed E-state index contributed by atoms with van der Waals surface area (Å²) < 4.78 is 0. The Balaban J connectivity index is 4.00. The lowest BCUT2D eigenvalue weighted by Gasteiger charge is -2.20. The van der Waals surface area contributed by atoms with E-state index < -0.39 is 0 Å². The van der Waals surface area contributed by atoms with E-state index in [0.29, 0.717) is 6.04 Å². The Morgan fingerprint density at radius 1 is 1.24 bits per heavy atom. The third-order valence-corrected chi connectivity index (χ3v) is 3.50. The quantitative estimate of drug-likeness (QED) is 0.634. The van der Waals surface area contributed by atoms with Gasteiger partial charge >= 0.3 is 0 Å². The van der Waals surface area contributed by atoms with E-state index in [1.807, 2.05) is 6.26 Å². The van der Waals surface area contributed by atoms with Crippen LogP contribution in [0.2, 0.25) is 0 Å². The first-order valence-electron chi connectivity index (χ1n) is 6.70. The van der Waals surface area contributed by atoms with Crippen LogP contribution < -0.4 is 11.1 Å². The molecule has 17 heavy (non-hydrogen) atoms. The molecule has 0 aromatic rings.